The average molecular weight is 280 g/mol. The fourth-order valence-corrected chi connectivity index (χ4v) is 1.77. The zero-order valence-corrected chi connectivity index (χ0v) is 10.2. The van der Waals surface area contributed by atoms with E-state index in [0.29, 0.717) is 5.56 Å². The average Bonchev–Trinajstić information content (AvgIpc) is 2.10. The van der Waals surface area contributed by atoms with Gasteiger partial charge in [0.2, 0.25) is 5.88 Å². The van der Waals surface area contributed by atoms with E-state index in [9.17, 15) is 8.42 Å². The number of hydrogen-bond donors (Lipinski definition) is 0. The molecule has 14 heavy (non-hydrogen) atoms. The van der Waals surface area contributed by atoms with Crippen LogP contribution in [0.3, 0.4) is 0 Å². The minimum absolute atomic E-state index is 0.0653. The van der Waals surface area contributed by atoms with Gasteiger partial charge in [0.15, 0.2) is 0 Å². The Morgan fingerprint density at radius 2 is 2.21 bits per heavy atom. The zero-order valence-electron chi connectivity index (χ0n) is 7.82. The maximum absolute atomic E-state index is 11.1. The first-order chi connectivity index (χ1) is 6.44. The Morgan fingerprint density at radius 1 is 1.57 bits per heavy atom. The van der Waals surface area contributed by atoms with Gasteiger partial charge in [0.25, 0.3) is 0 Å². The van der Waals surface area contributed by atoms with Crippen LogP contribution in [0.4, 0.5) is 0 Å². The predicted octanol–water partition coefficient (Wildman–Crippen LogP) is 1.88. The lowest BCUT2D eigenvalue weighted by Crippen LogP contribution is -2.12. The lowest BCUT2D eigenvalue weighted by molar-refractivity contribution is 0.475. The molecule has 0 saturated carbocycles. The lowest BCUT2D eigenvalue weighted by atomic mass is 10.3. The van der Waals surface area contributed by atoms with Gasteiger partial charge >= 0.3 is 10.1 Å². The van der Waals surface area contributed by atoms with Crippen LogP contribution in [0.25, 0.3) is 0 Å². The topological polar surface area (TPSA) is 56.3 Å². The van der Waals surface area contributed by atoms with Crippen molar-refractivity contribution in [3.8, 4) is 5.88 Å². The van der Waals surface area contributed by atoms with E-state index in [2.05, 4.69) is 20.9 Å². The van der Waals surface area contributed by atoms with Crippen LogP contribution in [0.15, 0.2) is 16.7 Å². The minimum Gasteiger partial charge on any atom is -0.361 e. The third kappa shape index (κ3) is 2.95. The number of rotatable bonds is 3. The smallest absolute Gasteiger partial charge is 0.310 e. The highest BCUT2D eigenvalue weighted by atomic mass is 79.9. The molecule has 0 aliphatic rings. The van der Waals surface area contributed by atoms with Crippen molar-refractivity contribution < 1.29 is 12.6 Å². The van der Waals surface area contributed by atoms with E-state index in [-0.39, 0.29) is 11.6 Å². The first kappa shape index (κ1) is 11.5. The van der Waals surface area contributed by atoms with E-state index in [4.69, 9.17) is 4.18 Å². The van der Waals surface area contributed by atoms with Gasteiger partial charge in [0.05, 0.1) is 5.75 Å². The molecule has 1 heterocycles. The standard InChI is InChI=1S/C8H10BrNO3S/c1-3-14(11,12)13-8-6(2)4-7(9)5-10-8/h4-5H,3H2,1-2H3. The molecular weight excluding hydrogens is 270 g/mol. The molecule has 78 valence electrons. The Bertz CT molecular complexity index is 430. The van der Waals surface area contributed by atoms with Gasteiger partial charge in [-0.3, -0.25) is 0 Å². The van der Waals surface area contributed by atoms with Gasteiger partial charge < -0.3 is 4.18 Å². The Labute approximate surface area is 91.6 Å². The first-order valence-corrected chi connectivity index (χ1v) is 6.36. The monoisotopic (exact) mass is 279 g/mol. The van der Waals surface area contributed by atoms with Gasteiger partial charge in [-0.1, -0.05) is 0 Å². The highest BCUT2D eigenvalue weighted by Crippen LogP contribution is 2.19. The van der Waals surface area contributed by atoms with E-state index in [0.717, 1.165) is 4.47 Å². The highest BCUT2D eigenvalue weighted by Gasteiger charge is 2.12. The lowest BCUT2D eigenvalue weighted by Gasteiger charge is -2.06. The number of pyridine rings is 1. The second-order valence-electron chi connectivity index (χ2n) is 2.71. The van der Waals surface area contributed by atoms with Crippen LogP contribution < -0.4 is 4.18 Å². The second kappa shape index (κ2) is 4.27. The van der Waals surface area contributed by atoms with Crippen molar-refractivity contribution in [2.45, 2.75) is 13.8 Å². The maximum Gasteiger partial charge on any atom is 0.310 e. The third-order valence-electron chi connectivity index (χ3n) is 1.56. The van der Waals surface area contributed by atoms with E-state index >= 15 is 0 Å². The number of hydrogen-bond acceptors (Lipinski definition) is 4. The fourth-order valence-electron chi connectivity index (χ4n) is 0.794. The summed E-state index contributed by atoms with van der Waals surface area (Å²) in [5, 5.41) is 0. The molecule has 0 unspecified atom stereocenters. The van der Waals surface area contributed by atoms with Crippen molar-refractivity contribution in [2.24, 2.45) is 0 Å². The maximum atomic E-state index is 11.1. The summed E-state index contributed by atoms with van der Waals surface area (Å²) in [5.74, 6) is 0.0690. The molecule has 1 rings (SSSR count). The Balaban J connectivity index is 2.99. The molecule has 0 amide bonds. The summed E-state index contributed by atoms with van der Waals surface area (Å²) in [4.78, 5) is 3.86. The van der Waals surface area contributed by atoms with Crippen LogP contribution >= 0.6 is 15.9 Å². The Morgan fingerprint density at radius 3 is 2.71 bits per heavy atom. The van der Waals surface area contributed by atoms with Gasteiger partial charge in [-0.25, -0.2) is 4.98 Å². The summed E-state index contributed by atoms with van der Waals surface area (Å²) in [5.41, 5.74) is 0.677. The molecular formula is C8H10BrNO3S. The largest absolute Gasteiger partial charge is 0.361 e. The quantitative estimate of drug-likeness (QED) is 0.793. The molecule has 0 radical (unpaired) electrons. The number of aromatic nitrogens is 1. The number of aryl methyl sites for hydroxylation is 1. The molecule has 1 aromatic rings. The van der Waals surface area contributed by atoms with Crippen LogP contribution in [0, 0.1) is 6.92 Å². The van der Waals surface area contributed by atoms with Crippen molar-refractivity contribution in [3.63, 3.8) is 0 Å². The van der Waals surface area contributed by atoms with Crippen LogP contribution in [0.2, 0.25) is 0 Å². The fraction of sp³-hybridized carbons (Fsp3) is 0.375. The van der Waals surface area contributed by atoms with Crippen molar-refractivity contribution in [2.75, 3.05) is 5.75 Å². The Kier molecular flexibility index (Phi) is 3.49. The van der Waals surface area contributed by atoms with Crippen LogP contribution in [-0.2, 0) is 10.1 Å². The van der Waals surface area contributed by atoms with Crippen molar-refractivity contribution in [1.82, 2.24) is 4.98 Å². The second-order valence-corrected chi connectivity index (χ2v) is 5.48. The van der Waals surface area contributed by atoms with Crippen molar-refractivity contribution in [1.29, 1.82) is 0 Å². The summed E-state index contributed by atoms with van der Waals surface area (Å²) < 4.78 is 27.8. The zero-order chi connectivity index (χ0) is 10.8. The van der Waals surface area contributed by atoms with Gasteiger partial charge in [0.1, 0.15) is 0 Å². The third-order valence-corrected chi connectivity index (χ3v) is 3.11. The molecule has 0 atom stereocenters. The van der Waals surface area contributed by atoms with E-state index in [1.165, 1.54) is 13.1 Å². The molecule has 0 aromatic carbocycles. The van der Waals surface area contributed by atoms with E-state index in [1.807, 2.05) is 0 Å². The van der Waals surface area contributed by atoms with E-state index in [1.54, 1.807) is 13.0 Å². The summed E-state index contributed by atoms with van der Waals surface area (Å²) in [6.07, 6.45) is 1.49. The van der Waals surface area contributed by atoms with Crippen molar-refractivity contribution >= 4 is 26.0 Å². The molecule has 0 spiro atoms. The summed E-state index contributed by atoms with van der Waals surface area (Å²) in [6, 6.07) is 1.74. The molecule has 4 nitrogen and oxygen atoms in total. The molecule has 0 aliphatic carbocycles. The molecule has 1 aromatic heterocycles. The van der Waals surface area contributed by atoms with E-state index < -0.39 is 10.1 Å². The van der Waals surface area contributed by atoms with Gasteiger partial charge in [-0.2, -0.15) is 8.42 Å². The number of halogens is 1. The summed E-state index contributed by atoms with van der Waals surface area (Å²) >= 11 is 3.23. The Hall–Kier alpha value is -0.620. The molecule has 0 N–H and O–H groups in total. The minimum atomic E-state index is -3.49. The molecule has 6 heteroatoms. The molecule has 0 saturated heterocycles. The normalized spacial score (nSPS) is 11.4. The predicted molar refractivity (Wildman–Crippen MR) is 56.8 cm³/mol. The SMILES string of the molecule is CCS(=O)(=O)Oc1ncc(Br)cc1C. The first-order valence-electron chi connectivity index (χ1n) is 3.99. The van der Waals surface area contributed by atoms with Gasteiger partial charge in [-0.15, -0.1) is 0 Å². The van der Waals surface area contributed by atoms with Gasteiger partial charge in [-0.05, 0) is 35.8 Å². The molecule has 0 bridgehead atoms. The molecule has 0 fully saturated rings. The van der Waals surface area contributed by atoms with Crippen molar-refractivity contribution in [3.05, 3.63) is 22.3 Å². The van der Waals surface area contributed by atoms with Crippen LogP contribution in [0.5, 0.6) is 5.88 Å². The highest BCUT2D eigenvalue weighted by molar-refractivity contribution is 9.10. The van der Waals surface area contributed by atoms with Crippen LogP contribution in [0.1, 0.15) is 12.5 Å². The summed E-state index contributed by atoms with van der Waals surface area (Å²) in [6.45, 7) is 3.25. The number of nitrogens with zero attached hydrogens (tertiary/aromatic N) is 1. The molecule has 0 aliphatic heterocycles. The summed E-state index contributed by atoms with van der Waals surface area (Å²) in [7, 11) is -3.49. The van der Waals surface area contributed by atoms with Crippen LogP contribution in [-0.4, -0.2) is 19.2 Å². The van der Waals surface area contributed by atoms with Gasteiger partial charge in [0, 0.05) is 16.2 Å².